The van der Waals surface area contributed by atoms with Crippen molar-refractivity contribution < 1.29 is 34.6 Å². The fourth-order valence-electron chi connectivity index (χ4n) is 4.00. The molecule has 0 spiro atoms. The summed E-state index contributed by atoms with van der Waals surface area (Å²) in [6.45, 7) is 3.72. The lowest BCUT2D eigenvalue weighted by Crippen LogP contribution is -2.60. The van der Waals surface area contributed by atoms with Crippen molar-refractivity contribution in [2.45, 2.75) is 63.7 Å². The van der Waals surface area contributed by atoms with Gasteiger partial charge in [0, 0.05) is 5.92 Å². The molecule has 2 aliphatic heterocycles. The molecule has 0 bridgehead atoms. The van der Waals surface area contributed by atoms with E-state index < -0.39 is 43.6 Å². The van der Waals surface area contributed by atoms with E-state index in [0.29, 0.717) is 11.8 Å². The second kappa shape index (κ2) is 6.66. The summed E-state index contributed by atoms with van der Waals surface area (Å²) in [4.78, 5) is 0. The molecule has 2 fully saturated rings. The molecular formula is C16H26O7. The second-order valence-corrected chi connectivity index (χ2v) is 6.94. The highest BCUT2D eigenvalue weighted by Crippen LogP contribution is 2.46. The van der Waals surface area contributed by atoms with Crippen LogP contribution in [0.3, 0.4) is 0 Å². The first kappa shape index (κ1) is 17.1. The number of aliphatic hydroxyl groups is 4. The third-order valence-corrected chi connectivity index (χ3v) is 5.46. The van der Waals surface area contributed by atoms with E-state index in [2.05, 4.69) is 6.92 Å². The molecule has 7 heteroatoms. The van der Waals surface area contributed by atoms with Gasteiger partial charge in [-0.1, -0.05) is 6.92 Å². The van der Waals surface area contributed by atoms with Gasteiger partial charge in [-0.15, -0.1) is 0 Å². The summed E-state index contributed by atoms with van der Waals surface area (Å²) in [5, 5.41) is 39.0. The zero-order valence-electron chi connectivity index (χ0n) is 13.4. The summed E-state index contributed by atoms with van der Waals surface area (Å²) in [7, 11) is 0. The van der Waals surface area contributed by atoms with E-state index in [-0.39, 0.29) is 5.92 Å². The van der Waals surface area contributed by atoms with Crippen molar-refractivity contribution in [2.75, 3.05) is 6.61 Å². The summed E-state index contributed by atoms with van der Waals surface area (Å²) >= 11 is 0. The summed E-state index contributed by atoms with van der Waals surface area (Å²) in [6, 6.07) is 0. The highest BCUT2D eigenvalue weighted by molar-refractivity contribution is 5.10. The van der Waals surface area contributed by atoms with E-state index in [1.54, 1.807) is 6.26 Å². The summed E-state index contributed by atoms with van der Waals surface area (Å²) in [5.74, 6) is 0.958. The van der Waals surface area contributed by atoms with Crippen LogP contribution in [-0.4, -0.2) is 64.0 Å². The van der Waals surface area contributed by atoms with E-state index in [1.165, 1.54) is 5.57 Å². The van der Waals surface area contributed by atoms with E-state index in [4.69, 9.17) is 14.2 Å². The molecule has 2 unspecified atom stereocenters. The van der Waals surface area contributed by atoms with Crippen LogP contribution in [0.4, 0.5) is 0 Å². The predicted molar refractivity (Wildman–Crippen MR) is 78.9 cm³/mol. The zero-order valence-corrected chi connectivity index (χ0v) is 13.4. The molecule has 0 radical (unpaired) electrons. The van der Waals surface area contributed by atoms with Gasteiger partial charge in [-0.25, -0.2) is 0 Å². The monoisotopic (exact) mass is 330 g/mol. The van der Waals surface area contributed by atoms with Crippen molar-refractivity contribution in [1.29, 1.82) is 0 Å². The first-order valence-corrected chi connectivity index (χ1v) is 8.22. The average molecular weight is 330 g/mol. The lowest BCUT2D eigenvalue weighted by Gasteiger charge is -2.43. The van der Waals surface area contributed by atoms with Gasteiger partial charge in [-0.2, -0.15) is 0 Å². The molecule has 1 saturated carbocycles. The Morgan fingerprint density at radius 1 is 1.13 bits per heavy atom. The fourth-order valence-corrected chi connectivity index (χ4v) is 4.00. The maximum Gasteiger partial charge on any atom is 0.205 e. The van der Waals surface area contributed by atoms with Crippen LogP contribution in [0.5, 0.6) is 0 Å². The number of hydrogen-bond acceptors (Lipinski definition) is 7. The molecule has 7 nitrogen and oxygen atoms in total. The van der Waals surface area contributed by atoms with Gasteiger partial charge in [0.05, 0.1) is 12.9 Å². The van der Waals surface area contributed by atoms with Gasteiger partial charge in [0.1, 0.15) is 24.4 Å². The number of fused-ring (bicyclic) bond motifs is 1. The number of aliphatic hydroxyl groups excluding tert-OH is 4. The number of hydrogen-bond donors (Lipinski definition) is 4. The van der Waals surface area contributed by atoms with Gasteiger partial charge >= 0.3 is 0 Å². The third kappa shape index (κ3) is 3.01. The minimum atomic E-state index is -1.44. The standard InChI is InChI=1S/C16H26O7/c1-7-3-4-9-8(2)6-21-15(11(7)9)23-16-14(20)13(19)12(18)10(5-17)22-16/h6-7,9-20H,3-5H2,1-2H3/t7-,9?,10+,11?,12+,13-,14+,15-,16-/m0/s1. The van der Waals surface area contributed by atoms with Gasteiger partial charge < -0.3 is 34.6 Å². The normalized spacial score (nSPS) is 50.2. The Kier molecular flexibility index (Phi) is 4.96. The van der Waals surface area contributed by atoms with Crippen molar-refractivity contribution in [3.05, 3.63) is 11.8 Å². The lowest BCUT2D eigenvalue weighted by molar-refractivity contribution is -0.342. The van der Waals surface area contributed by atoms with E-state index in [0.717, 1.165) is 12.8 Å². The van der Waals surface area contributed by atoms with Crippen molar-refractivity contribution >= 4 is 0 Å². The summed E-state index contributed by atoms with van der Waals surface area (Å²) < 4.78 is 16.9. The van der Waals surface area contributed by atoms with Gasteiger partial charge in [0.25, 0.3) is 0 Å². The Bertz CT molecular complexity index is 452. The average Bonchev–Trinajstić information content (AvgIpc) is 2.93. The Labute approximate surface area is 135 Å². The van der Waals surface area contributed by atoms with Crippen molar-refractivity contribution in [3.63, 3.8) is 0 Å². The Balaban J connectivity index is 1.73. The Morgan fingerprint density at radius 3 is 2.57 bits per heavy atom. The smallest absolute Gasteiger partial charge is 0.205 e. The lowest BCUT2D eigenvalue weighted by atomic mass is 9.84. The molecule has 1 saturated heterocycles. The quantitative estimate of drug-likeness (QED) is 0.564. The van der Waals surface area contributed by atoms with Gasteiger partial charge in [0.2, 0.25) is 6.29 Å². The molecular weight excluding hydrogens is 304 g/mol. The maximum absolute atomic E-state index is 10.1. The van der Waals surface area contributed by atoms with Gasteiger partial charge in [0.15, 0.2) is 6.29 Å². The van der Waals surface area contributed by atoms with Crippen LogP contribution >= 0.6 is 0 Å². The van der Waals surface area contributed by atoms with E-state index >= 15 is 0 Å². The first-order valence-electron chi connectivity index (χ1n) is 8.22. The minimum Gasteiger partial charge on any atom is -0.472 e. The molecule has 3 rings (SSSR count). The molecule has 1 aliphatic carbocycles. The number of allylic oxidation sites excluding steroid dienone is 1. The number of rotatable bonds is 3. The van der Waals surface area contributed by atoms with Crippen LogP contribution in [0.25, 0.3) is 0 Å². The molecule has 0 aromatic rings. The number of ether oxygens (including phenoxy) is 3. The van der Waals surface area contributed by atoms with Crippen molar-refractivity contribution in [3.8, 4) is 0 Å². The fraction of sp³-hybridized carbons (Fsp3) is 0.875. The van der Waals surface area contributed by atoms with Crippen LogP contribution < -0.4 is 0 Å². The van der Waals surface area contributed by atoms with Gasteiger partial charge in [-0.3, -0.25) is 0 Å². The Morgan fingerprint density at radius 2 is 1.87 bits per heavy atom. The molecule has 4 N–H and O–H groups in total. The van der Waals surface area contributed by atoms with Crippen LogP contribution in [0.15, 0.2) is 11.8 Å². The molecule has 2 heterocycles. The molecule has 23 heavy (non-hydrogen) atoms. The minimum absolute atomic E-state index is 0.160. The maximum atomic E-state index is 10.1. The molecule has 132 valence electrons. The third-order valence-electron chi connectivity index (χ3n) is 5.46. The van der Waals surface area contributed by atoms with E-state index in [1.807, 2.05) is 6.92 Å². The molecule has 0 amide bonds. The highest BCUT2D eigenvalue weighted by atomic mass is 16.8. The highest BCUT2D eigenvalue weighted by Gasteiger charge is 2.49. The molecule has 9 atom stereocenters. The zero-order chi connectivity index (χ0) is 16.7. The largest absolute Gasteiger partial charge is 0.472 e. The summed E-state index contributed by atoms with van der Waals surface area (Å²) in [5.41, 5.74) is 1.19. The predicted octanol–water partition coefficient (Wildman–Crippen LogP) is -0.275. The first-order chi connectivity index (χ1) is 10.9. The van der Waals surface area contributed by atoms with E-state index in [9.17, 15) is 20.4 Å². The SMILES string of the molecule is CC1=CO[C@@H](O[C@@H]2O[C@H](CO)[C@@H](O)[C@H](O)[C@H]2O)C2C1CC[C@@H]2C. The topological polar surface area (TPSA) is 109 Å². The molecule has 0 aromatic carbocycles. The summed E-state index contributed by atoms with van der Waals surface area (Å²) in [6.07, 6.45) is -3.10. The van der Waals surface area contributed by atoms with Crippen molar-refractivity contribution in [2.24, 2.45) is 17.8 Å². The van der Waals surface area contributed by atoms with Crippen LogP contribution in [-0.2, 0) is 14.2 Å². The van der Waals surface area contributed by atoms with Crippen LogP contribution in [0.1, 0.15) is 26.7 Å². The molecule has 0 aromatic heterocycles. The van der Waals surface area contributed by atoms with Crippen LogP contribution in [0, 0.1) is 17.8 Å². The molecule has 3 aliphatic rings. The van der Waals surface area contributed by atoms with Crippen molar-refractivity contribution in [1.82, 2.24) is 0 Å². The van der Waals surface area contributed by atoms with Gasteiger partial charge in [-0.05, 0) is 37.2 Å². The Hall–Kier alpha value is -0.700. The second-order valence-electron chi connectivity index (χ2n) is 6.94. The van der Waals surface area contributed by atoms with Crippen LogP contribution in [0.2, 0.25) is 0 Å².